The third kappa shape index (κ3) is 3.28. The van der Waals surface area contributed by atoms with E-state index in [0.717, 1.165) is 0 Å². The molecular formula is C16H13F2NO3. The summed E-state index contributed by atoms with van der Waals surface area (Å²) in [6, 6.07) is 11.1. The fraction of sp³-hybridized carbons (Fsp3) is 0.125. The van der Waals surface area contributed by atoms with Crippen LogP contribution in [0.5, 0.6) is 0 Å². The summed E-state index contributed by atoms with van der Waals surface area (Å²) in [5, 5.41) is 20.4. The molecule has 0 unspecified atom stereocenters. The normalized spacial score (nSPS) is 11.5. The number of oxime groups is 1. The Kier molecular flexibility index (Phi) is 4.83. The first kappa shape index (κ1) is 15.6. The van der Waals surface area contributed by atoms with Crippen molar-refractivity contribution >= 4 is 11.7 Å². The minimum absolute atomic E-state index is 0.0809. The second-order valence-corrected chi connectivity index (χ2v) is 4.60. The number of carboxylic acids is 1. The van der Waals surface area contributed by atoms with Gasteiger partial charge in [-0.3, -0.25) is 4.79 Å². The summed E-state index contributed by atoms with van der Waals surface area (Å²) in [6.45, 7) is 0. The Balaban J connectivity index is 2.40. The van der Waals surface area contributed by atoms with Gasteiger partial charge in [-0.15, -0.1) is 0 Å². The molecule has 0 saturated heterocycles. The van der Waals surface area contributed by atoms with Crippen molar-refractivity contribution in [3.05, 3.63) is 59.7 Å². The molecule has 0 amide bonds. The van der Waals surface area contributed by atoms with Crippen LogP contribution in [-0.4, -0.2) is 22.0 Å². The van der Waals surface area contributed by atoms with Crippen molar-refractivity contribution in [3.63, 3.8) is 0 Å². The maximum Gasteiger partial charge on any atom is 0.303 e. The van der Waals surface area contributed by atoms with Crippen molar-refractivity contribution in [1.29, 1.82) is 0 Å². The quantitative estimate of drug-likeness (QED) is 0.503. The number of benzene rings is 2. The molecule has 6 heteroatoms. The molecule has 0 aliphatic heterocycles. The number of rotatable bonds is 5. The Morgan fingerprint density at radius 3 is 2.27 bits per heavy atom. The maximum absolute atomic E-state index is 14.2. The lowest BCUT2D eigenvalue weighted by molar-refractivity contribution is -0.136. The molecule has 0 aliphatic rings. The molecule has 0 saturated carbocycles. The Bertz CT molecular complexity index is 715. The van der Waals surface area contributed by atoms with Crippen molar-refractivity contribution in [2.24, 2.45) is 5.16 Å². The Labute approximate surface area is 125 Å². The molecule has 2 aromatic rings. The van der Waals surface area contributed by atoms with Crippen LogP contribution in [-0.2, 0) is 4.79 Å². The van der Waals surface area contributed by atoms with Gasteiger partial charge in [0, 0.05) is 17.5 Å². The Morgan fingerprint density at radius 1 is 1.00 bits per heavy atom. The van der Waals surface area contributed by atoms with Gasteiger partial charge in [0.15, 0.2) is 11.6 Å². The maximum atomic E-state index is 14.2. The van der Waals surface area contributed by atoms with Crippen LogP contribution < -0.4 is 0 Å². The first-order valence-corrected chi connectivity index (χ1v) is 6.51. The molecule has 0 aromatic heterocycles. The van der Waals surface area contributed by atoms with E-state index in [2.05, 4.69) is 5.16 Å². The minimum Gasteiger partial charge on any atom is -0.481 e. The highest BCUT2D eigenvalue weighted by Gasteiger charge is 2.19. The van der Waals surface area contributed by atoms with E-state index in [-0.39, 0.29) is 29.7 Å². The van der Waals surface area contributed by atoms with Gasteiger partial charge < -0.3 is 10.3 Å². The molecule has 0 radical (unpaired) electrons. The van der Waals surface area contributed by atoms with Gasteiger partial charge in [-0.05, 0) is 11.6 Å². The predicted octanol–water partition coefficient (Wildman–Crippen LogP) is 3.67. The first-order valence-electron chi connectivity index (χ1n) is 6.51. The highest BCUT2D eigenvalue weighted by Crippen LogP contribution is 2.27. The summed E-state index contributed by atoms with van der Waals surface area (Å²) in [6.07, 6.45) is -0.548. The number of nitrogens with zero attached hydrogens (tertiary/aromatic N) is 1. The van der Waals surface area contributed by atoms with Crippen molar-refractivity contribution in [2.75, 3.05) is 0 Å². The number of hydrogen-bond donors (Lipinski definition) is 2. The highest BCUT2D eigenvalue weighted by molar-refractivity contribution is 6.02. The van der Waals surface area contributed by atoms with Crippen LogP contribution in [0, 0.1) is 11.6 Å². The summed E-state index contributed by atoms with van der Waals surface area (Å²) in [5.74, 6) is -3.36. The van der Waals surface area contributed by atoms with Gasteiger partial charge in [-0.1, -0.05) is 41.6 Å². The second-order valence-electron chi connectivity index (χ2n) is 4.60. The average molecular weight is 305 g/mol. The summed E-state index contributed by atoms with van der Waals surface area (Å²) < 4.78 is 28.4. The molecule has 2 N–H and O–H groups in total. The number of aliphatic carboxylic acids is 1. The second kappa shape index (κ2) is 6.80. The molecule has 4 nitrogen and oxygen atoms in total. The number of hydrogen-bond acceptors (Lipinski definition) is 3. The standard InChI is InChI=1S/C16H13F2NO3/c17-15-11(10-4-2-1-3-5-10)6-7-12(16(15)18)13(19-22)8-9-14(20)21/h1-7,22H,8-9H2,(H,20,21)/b19-13+. The van der Waals surface area contributed by atoms with Gasteiger partial charge in [-0.2, -0.15) is 0 Å². The van der Waals surface area contributed by atoms with E-state index in [1.165, 1.54) is 12.1 Å². The third-order valence-electron chi connectivity index (χ3n) is 3.17. The summed E-state index contributed by atoms with van der Waals surface area (Å²) in [4.78, 5) is 10.5. The molecule has 0 aliphatic carbocycles. The lowest BCUT2D eigenvalue weighted by Gasteiger charge is -2.09. The summed E-state index contributed by atoms with van der Waals surface area (Å²) in [5.41, 5.74) is 0.134. The molecule has 0 atom stereocenters. The van der Waals surface area contributed by atoms with Crippen LogP contribution in [0.2, 0.25) is 0 Å². The molecule has 22 heavy (non-hydrogen) atoms. The van der Waals surface area contributed by atoms with Crippen LogP contribution in [0.3, 0.4) is 0 Å². The molecule has 0 fully saturated rings. The topological polar surface area (TPSA) is 69.9 Å². The van der Waals surface area contributed by atoms with Gasteiger partial charge in [0.05, 0.1) is 12.1 Å². The summed E-state index contributed by atoms with van der Waals surface area (Å²) >= 11 is 0. The molecule has 2 rings (SSSR count). The van der Waals surface area contributed by atoms with Gasteiger partial charge in [0.25, 0.3) is 0 Å². The van der Waals surface area contributed by atoms with E-state index in [4.69, 9.17) is 10.3 Å². The Morgan fingerprint density at radius 2 is 1.68 bits per heavy atom. The van der Waals surface area contributed by atoms with E-state index >= 15 is 0 Å². The largest absolute Gasteiger partial charge is 0.481 e. The van der Waals surface area contributed by atoms with Crippen LogP contribution in [0.25, 0.3) is 11.1 Å². The predicted molar refractivity (Wildman–Crippen MR) is 77.0 cm³/mol. The van der Waals surface area contributed by atoms with E-state index < -0.39 is 17.6 Å². The monoisotopic (exact) mass is 305 g/mol. The van der Waals surface area contributed by atoms with Gasteiger partial charge >= 0.3 is 5.97 Å². The van der Waals surface area contributed by atoms with Crippen molar-refractivity contribution in [2.45, 2.75) is 12.8 Å². The van der Waals surface area contributed by atoms with Crippen molar-refractivity contribution in [1.82, 2.24) is 0 Å². The molecule has 0 heterocycles. The summed E-state index contributed by atoms with van der Waals surface area (Å²) in [7, 11) is 0. The highest BCUT2D eigenvalue weighted by atomic mass is 19.2. The SMILES string of the molecule is O=C(O)CC/C(=N\O)c1ccc(-c2ccccc2)c(F)c1F. The third-order valence-corrected chi connectivity index (χ3v) is 3.17. The number of carbonyl (C=O) groups is 1. The van der Waals surface area contributed by atoms with Crippen molar-refractivity contribution < 1.29 is 23.9 Å². The van der Waals surface area contributed by atoms with Gasteiger partial charge in [-0.25, -0.2) is 8.78 Å². The zero-order valence-electron chi connectivity index (χ0n) is 11.5. The van der Waals surface area contributed by atoms with Gasteiger partial charge in [0.2, 0.25) is 0 Å². The van der Waals surface area contributed by atoms with E-state index in [1.54, 1.807) is 30.3 Å². The van der Waals surface area contributed by atoms with Crippen LogP contribution in [0.1, 0.15) is 18.4 Å². The minimum atomic E-state index is -1.17. The van der Waals surface area contributed by atoms with Crippen molar-refractivity contribution in [3.8, 4) is 11.1 Å². The molecule has 0 bridgehead atoms. The van der Waals surface area contributed by atoms with E-state index in [9.17, 15) is 13.6 Å². The van der Waals surface area contributed by atoms with Crippen LogP contribution >= 0.6 is 0 Å². The smallest absolute Gasteiger partial charge is 0.303 e. The lowest BCUT2D eigenvalue weighted by Crippen LogP contribution is -2.09. The fourth-order valence-electron chi connectivity index (χ4n) is 2.08. The first-order chi connectivity index (χ1) is 10.5. The zero-order chi connectivity index (χ0) is 16.1. The molecule has 114 valence electrons. The Hall–Kier alpha value is -2.76. The molecule has 0 spiro atoms. The van der Waals surface area contributed by atoms with E-state index in [1.807, 2.05) is 0 Å². The fourth-order valence-corrected chi connectivity index (χ4v) is 2.08. The lowest BCUT2D eigenvalue weighted by atomic mass is 9.99. The van der Waals surface area contributed by atoms with Crippen LogP contribution in [0.4, 0.5) is 8.78 Å². The van der Waals surface area contributed by atoms with E-state index in [0.29, 0.717) is 5.56 Å². The zero-order valence-corrected chi connectivity index (χ0v) is 11.5. The van der Waals surface area contributed by atoms with Crippen LogP contribution in [0.15, 0.2) is 47.6 Å². The molecule has 2 aromatic carbocycles. The number of carboxylic acid groups (broad SMARTS) is 1. The number of halogens is 2. The average Bonchev–Trinajstić information content (AvgIpc) is 2.52. The molecular weight excluding hydrogens is 292 g/mol. The van der Waals surface area contributed by atoms with Gasteiger partial charge in [0.1, 0.15) is 0 Å².